The lowest BCUT2D eigenvalue weighted by molar-refractivity contribution is -0.887. The molecule has 8 heteroatoms. The molecule has 276 valence electrons. The Morgan fingerprint density at radius 1 is 0.617 bits per heavy atom. The fourth-order valence-electron chi connectivity index (χ4n) is 5.61. The number of aliphatic carboxylic acids is 1. The molecule has 8 nitrogen and oxygen atoms in total. The van der Waals surface area contributed by atoms with E-state index in [0.29, 0.717) is 19.3 Å². The average Bonchev–Trinajstić information content (AvgIpc) is 3.01. The predicted octanol–water partition coefficient (Wildman–Crippen LogP) is 9.58. The summed E-state index contributed by atoms with van der Waals surface area (Å²) in [4.78, 5) is 36.7. The molecule has 0 heterocycles. The van der Waals surface area contributed by atoms with E-state index in [-0.39, 0.29) is 36.2 Å². The second-order valence-corrected chi connectivity index (χ2v) is 14.2. The number of ether oxygens (including phenoxy) is 3. The molecule has 0 aliphatic rings. The van der Waals surface area contributed by atoms with Crippen molar-refractivity contribution in [3.05, 3.63) is 12.2 Å². The molecule has 0 aliphatic carbocycles. The first-order chi connectivity index (χ1) is 22.6. The van der Waals surface area contributed by atoms with Crippen molar-refractivity contribution in [1.29, 1.82) is 0 Å². The van der Waals surface area contributed by atoms with Crippen LogP contribution in [0.25, 0.3) is 0 Å². The number of carbonyl (C=O) groups is 3. The minimum absolute atomic E-state index is 0.0542. The van der Waals surface area contributed by atoms with Crippen LogP contribution in [0.1, 0.15) is 168 Å². The van der Waals surface area contributed by atoms with E-state index in [9.17, 15) is 19.5 Å². The molecular formula is C39H74NO7+. The number of likely N-dealkylation sites (N-methyl/N-ethyl adjacent to an activating group) is 1. The van der Waals surface area contributed by atoms with Crippen LogP contribution in [0.5, 0.6) is 0 Å². The lowest BCUT2D eigenvalue weighted by atomic mass is 10.1. The van der Waals surface area contributed by atoms with E-state index in [1.54, 1.807) is 0 Å². The maximum atomic E-state index is 12.6. The first kappa shape index (κ1) is 45.1. The number of carboxylic acid groups (broad SMARTS) is 1. The molecule has 2 unspecified atom stereocenters. The van der Waals surface area contributed by atoms with Crippen LogP contribution in [-0.2, 0) is 28.6 Å². The molecule has 0 spiro atoms. The van der Waals surface area contributed by atoms with Crippen LogP contribution in [0, 0.1) is 0 Å². The van der Waals surface area contributed by atoms with Gasteiger partial charge in [0.15, 0.2) is 12.1 Å². The largest absolute Gasteiger partial charge is 0.477 e. The molecule has 0 fully saturated rings. The Kier molecular flexibility index (Phi) is 30.1. The summed E-state index contributed by atoms with van der Waals surface area (Å²) in [6.45, 7) is 4.69. The van der Waals surface area contributed by atoms with E-state index >= 15 is 0 Å². The quantitative estimate of drug-likeness (QED) is 0.0315. The number of rotatable bonds is 34. The third-order valence-corrected chi connectivity index (χ3v) is 8.66. The van der Waals surface area contributed by atoms with Gasteiger partial charge in [-0.05, 0) is 38.5 Å². The Hall–Kier alpha value is -1.93. The van der Waals surface area contributed by atoms with E-state index < -0.39 is 18.1 Å². The summed E-state index contributed by atoms with van der Waals surface area (Å²) in [5.74, 6) is -1.48. The van der Waals surface area contributed by atoms with Gasteiger partial charge in [-0.15, -0.1) is 0 Å². The highest BCUT2D eigenvalue weighted by Gasteiger charge is 2.31. The van der Waals surface area contributed by atoms with E-state index in [2.05, 4.69) is 26.0 Å². The highest BCUT2D eigenvalue weighted by atomic mass is 16.6. The van der Waals surface area contributed by atoms with Crippen molar-refractivity contribution < 1.29 is 38.2 Å². The number of nitrogens with zero attached hydrogens (tertiary/aromatic N) is 1. The van der Waals surface area contributed by atoms with Gasteiger partial charge in [0, 0.05) is 19.3 Å². The van der Waals surface area contributed by atoms with Gasteiger partial charge in [0.25, 0.3) is 0 Å². The van der Waals surface area contributed by atoms with Gasteiger partial charge in [-0.1, -0.05) is 122 Å². The first-order valence-electron chi connectivity index (χ1n) is 19.2. The van der Waals surface area contributed by atoms with Crippen LogP contribution in [0.3, 0.4) is 0 Å². The molecule has 0 aromatic carbocycles. The van der Waals surface area contributed by atoms with E-state index in [1.807, 2.05) is 21.1 Å². The van der Waals surface area contributed by atoms with E-state index in [0.717, 1.165) is 51.4 Å². The molecule has 1 N–H and O–H groups in total. The molecule has 47 heavy (non-hydrogen) atoms. The lowest BCUT2D eigenvalue weighted by Crippen LogP contribution is -2.50. The third kappa shape index (κ3) is 29.9. The van der Waals surface area contributed by atoms with Gasteiger partial charge in [0.1, 0.15) is 6.61 Å². The molecule has 0 saturated heterocycles. The topological polar surface area (TPSA) is 99.1 Å². The predicted molar refractivity (Wildman–Crippen MR) is 192 cm³/mol. The lowest BCUT2D eigenvalue weighted by Gasteiger charge is -2.31. The molecule has 0 amide bonds. The van der Waals surface area contributed by atoms with Crippen LogP contribution in [0.4, 0.5) is 0 Å². The summed E-state index contributed by atoms with van der Waals surface area (Å²) in [6.07, 6.45) is 29.7. The first-order valence-corrected chi connectivity index (χ1v) is 19.2. The number of quaternary nitrogens is 1. The van der Waals surface area contributed by atoms with Crippen molar-refractivity contribution in [1.82, 2.24) is 0 Å². The Labute approximate surface area is 289 Å². The van der Waals surface area contributed by atoms with E-state index in [4.69, 9.17) is 14.2 Å². The normalized spacial score (nSPS) is 13.1. The van der Waals surface area contributed by atoms with Crippen molar-refractivity contribution in [2.24, 2.45) is 0 Å². The average molecular weight is 669 g/mol. The number of carbonyl (C=O) groups excluding carboxylic acids is 2. The zero-order chi connectivity index (χ0) is 35.0. The number of carboxylic acids is 1. The van der Waals surface area contributed by atoms with Gasteiger partial charge in [-0.2, -0.15) is 0 Å². The number of unbranched alkanes of at least 4 members (excludes halogenated alkanes) is 18. The van der Waals surface area contributed by atoms with Gasteiger partial charge in [0.2, 0.25) is 0 Å². The van der Waals surface area contributed by atoms with Crippen LogP contribution >= 0.6 is 0 Å². The van der Waals surface area contributed by atoms with Gasteiger partial charge < -0.3 is 23.8 Å². The molecule has 0 bridgehead atoms. The number of hydrogen-bond donors (Lipinski definition) is 1. The Balaban J connectivity index is 4.40. The minimum atomic E-state index is -0.876. The highest BCUT2D eigenvalue weighted by Crippen LogP contribution is 2.13. The summed E-state index contributed by atoms with van der Waals surface area (Å²) in [7, 11) is 5.51. The molecule has 0 aliphatic heterocycles. The van der Waals surface area contributed by atoms with Crippen molar-refractivity contribution >= 4 is 17.9 Å². The second-order valence-electron chi connectivity index (χ2n) is 14.2. The van der Waals surface area contributed by atoms with Crippen molar-refractivity contribution in [2.45, 2.75) is 180 Å². The van der Waals surface area contributed by atoms with Crippen LogP contribution < -0.4 is 0 Å². The molecule has 0 aromatic heterocycles. The van der Waals surface area contributed by atoms with Gasteiger partial charge in [-0.3, -0.25) is 9.59 Å². The highest BCUT2D eigenvalue weighted by molar-refractivity contribution is 5.72. The van der Waals surface area contributed by atoms with E-state index in [1.165, 1.54) is 83.5 Å². The SMILES string of the molecule is CCCCCCCCC/C=C/CCCCCC(=O)OCC(COCCC(C(=O)O)[N+](C)(C)C)OC(=O)CCCCCCCCCCC. The standard InChI is InChI=1S/C39H73NO7/c1-6-8-10-12-14-16-17-18-19-20-22-23-25-27-29-37(41)46-34-35(33-45-32-31-36(39(43)44)40(3,4)5)47-38(42)30-28-26-24-21-15-13-11-9-7-2/h19-20,35-36H,6-18,21-34H2,1-5H3/p+1/b20-19+. The fraction of sp³-hybridized carbons (Fsp3) is 0.872. The molecule has 2 atom stereocenters. The number of hydrogen-bond acceptors (Lipinski definition) is 6. The molecule has 0 rings (SSSR count). The number of esters is 2. The van der Waals surface area contributed by atoms with Crippen LogP contribution in [0.2, 0.25) is 0 Å². The third-order valence-electron chi connectivity index (χ3n) is 8.66. The zero-order valence-electron chi connectivity index (χ0n) is 31.2. The Morgan fingerprint density at radius 3 is 1.55 bits per heavy atom. The Morgan fingerprint density at radius 2 is 1.06 bits per heavy atom. The molecule has 0 saturated carbocycles. The molecular weight excluding hydrogens is 594 g/mol. The van der Waals surface area contributed by atoms with Crippen molar-refractivity contribution in [2.75, 3.05) is 41.0 Å². The smallest absolute Gasteiger partial charge is 0.362 e. The monoisotopic (exact) mass is 669 g/mol. The van der Waals surface area contributed by atoms with Gasteiger partial charge >= 0.3 is 17.9 Å². The van der Waals surface area contributed by atoms with Crippen LogP contribution in [0.15, 0.2) is 12.2 Å². The van der Waals surface area contributed by atoms with Crippen LogP contribution in [-0.4, -0.2) is 80.6 Å². The summed E-state index contributed by atoms with van der Waals surface area (Å²) >= 11 is 0. The summed E-state index contributed by atoms with van der Waals surface area (Å²) in [5.41, 5.74) is 0. The number of allylic oxidation sites excluding steroid dienone is 2. The maximum Gasteiger partial charge on any atom is 0.362 e. The van der Waals surface area contributed by atoms with Gasteiger partial charge in [-0.25, -0.2) is 4.79 Å². The van der Waals surface area contributed by atoms with Gasteiger partial charge in [0.05, 0.1) is 34.4 Å². The molecule has 0 radical (unpaired) electrons. The zero-order valence-corrected chi connectivity index (χ0v) is 31.2. The summed E-state index contributed by atoms with van der Waals surface area (Å²) in [6, 6.07) is -0.610. The minimum Gasteiger partial charge on any atom is -0.477 e. The maximum absolute atomic E-state index is 12.6. The van der Waals surface area contributed by atoms with Crippen molar-refractivity contribution in [3.8, 4) is 0 Å². The summed E-state index contributed by atoms with van der Waals surface area (Å²) in [5, 5.41) is 9.56. The summed E-state index contributed by atoms with van der Waals surface area (Å²) < 4.78 is 17.2. The molecule has 0 aromatic rings. The Bertz CT molecular complexity index is 793. The second kappa shape index (κ2) is 31.3. The van der Waals surface area contributed by atoms with Crippen molar-refractivity contribution in [3.63, 3.8) is 0 Å². The fourth-order valence-corrected chi connectivity index (χ4v) is 5.61.